The maximum atomic E-state index is 13.6. The van der Waals surface area contributed by atoms with Crippen LogP contribution in [-0.2, 0) is 11.3 Å². The van der Waals surface area contributed by atoms with Gasteiger partial charge in [-0.15, -0.1) is 0 Å². The first-order valence-corrected chi connectivity index (χ1v) is 14.2. The number of amides is 3. The molecule has 210 valence electrons. The normalized spacial score (nSPS) is 23.8. The zero-order chi connectivity index (χ0) is 26.8. The van der Waals surface area contributed by atoms with Crippen molar-refractivity contribution in [3.8, 4) is 5.88 Å². The molecule has 3 aliphatic heterocycles. The van der Waals surface area contributed by atoms with Gasteiger partial charge >= 0.3 is 6.03 Å². The largest absolute Gasteiger partial charge is 0.477 e. The molecule has 6 rings (SSSR count). The summed E-state index contributed by atoms with van der Waals surface area (Å²) in [5, 5.41) is 5.06. The summed E-state index contributed by atoms with van der Waals surface area (Å²) in [5.41, 5.74) is 1.31. The van der Waals surface area contributed by atoms with Crippen LogP contribution in [-0.4, -0.2) is 77.9 Å². The highest BCUT2D eigenvalue weighted by atomic mass is 16.5. The van der Waals surface area contributed by atoms with Gasteiger partial charge in [0.05, 0.1) is 13.2 Å². The molecule has 2 N–H and O–H groups in total. The molecule has 2 aromatic heterocycles. The Morgan fingerprint density at radius 1 is 1.00 bits per heavy atom. The molecule has 2 aromatic rings. The molecule has 0 bridgehead atoms. The molecule has 1 saturated carbocycles. The van der Waals surface area contributed by atoms with Gasteiger partial charge in [-0.05, 0) is 62.3 Å². The highest BCUT2D eigenvalue weighted by Crippen LogP contribution is 2.40. The van der Waals surface area contributed by atoms with Crippen molar-refractivity contribution in [2.24, 2.45) is 17.8 Å². The Kier molecular flexibility index (Phi) is 7.58. The Labute approximate surface area is 227 Å². The fraction of sp³-hybridized carbons (Fsp3) is 0.643. The lowest BCUT2D eigenvalue weighted by Gasteiger charge is -2.24. The van der Waals surface area contributed by atoms with E-state index in [1.54, 1.807) is 0 Å². The molecule has 4 fully saturated rings. The quantitative estimate of drug-likeness (QED) is 0.553. The van der Waals surface area contributed by atoms with E-state index >= 15 is 0 Å². The van der Waals surface area contributed by atoms with Crippen molar-refractivity contribution in [3.63, 3.8) is 0 Å². The van der Waals surface area contributed by atoms with Crippen molar-refractivity contribution in [1.29, 1.82) is 0 Å². The number of nitrogens with one attached hydrogen (secondary N) is 2. The number of H-pyrrole nitrogens is 1. The van der Waals surface area contributed by atoms with Gasteiger partial charge in [-0.3, -0.25) is 9.59 Å². The molecule has 4 aliphatic rings. The van der Waals surface area contributed by atoms with E-state index in [1.165, 1.54) is 6.07 Å². The minimum atomic E-state index is -0.323. The molecule has 0 aromatic carbocycles. The highest BCUT2D eigenvalue weighted by molar-refractivity contribution is 5.94. The van der Waals surface area contributed by atoms with Crippen molar-refractivity contribution >= 4 is 11.9 Å². The lowest BCUT2D eigenvalue weighted by atomic mass is 9.92. The fourth-order valence-corrected chi connectivity index (χ4v) is 6.01. The zero-order valence-corrected chi connectivity index (χ0v) is 22.2. The molecular weight excluding hydrogens is 502 g/mol. The summed E-state index contributed by atoms with van der Waals surface area (Å²) in [7, 11) is 0. The van der Waals surface area contributed by atoms with Gasteiger partial charge in [-0.1, -0.05) is 0 Å². The molecule has 0 spiro atoms. The van der Waals surface area contributed by atoms with E-state index in [4.69, 9.17) is 19.0 Å². The highest BCUT2D eigenvalue weighted by Gasteiger charge is 2.38. The first-order valence-electron chi connectivity index (χ1n) is 14.2. The van der Waals surface area contributed by atoms with Gasteiger partial charge in [0.25, 0.3) is 11.5 Å². The number of carbonyl (C=O) groups excluding carboxylic acids is 2. The van der Waals surface area contributed by atoms with Crippen molar-refractivity contribution < 1.29 is 23.6 Å². The number of fused-ring (bicyclic) bond motifs is 1. The van der Waals surface area contributed by atoms with Crippen LogP contribution < -0.4 is 15.6 Å². The van der Waals surface area contributed by atoms with E-state index in [0.717, 1.165) is 57.4 Å². The van der Waals surface area contributed by atoms with Crippen LogP contribution in [0.1, 0.15) is 66.3 Å². The molecule has 0 radical (unpaired) electrons. The average Bonchev–Trinajstić information content (AvgIpc) is 3.66. The van der Waals surface area contributed by atoms with Crippen LogP contribution in [0.15, 0.2) is 27.5 Å². The Balaban J connectivity index is 1.04. The second-order valence-corrected chi connectivity index (χ2v) is 11.4. The van der Waals surface area contributed by atoms with Crippen molar-refractivity contribution in [2.75, 3.05) is 46.0 Å². The summed E-state index contributed by atoms with van der Waals surface area (Å²) in [6.07, 6.45) is 5.94. The summed E-state index contributed by atoms with van der Waals surface area (Å²) in [4.78, 5) is 46.1. The van der Waals surface area contributed by atoms with Crippen molar-refractivity contribution in [2.45, 2.75) is 51.0 Å². The molecule has 39 heavy (non-hydrogen) atoms. The molecule has 1 aliphatic carbocycles. The van der Waals surface area contributed by atoms with E-state index < -0.39 is 0 Å². The number of ether oxygens (including phenoxy) is 2. The van der Waals surface area contributed by atoms with Gasteiger partial charge in [0.2, 0.25) is 5.88 Å². The number of carbonyl (C=O) groups is 2. The Morgan fingerprint density at radius 2 is 1.74 bits per heavy atom. The lowest BCUT2D eigenvalue weighted by Crippen LogP contribution is -2.39. The number of likely N-dealkylation sites (tertiary alicyclic amines) is 2. The third kappa shape index (κ3) is 6.29. The topological polar surface area (TPSA) is 130 Å². The van der Waals surface area contributed by atoms with Crippen LogP contribution in [0.2, 0.25) is 0 Å². The molecule has 2 unspecified atom stereocenters. The minimum Gasteiger partial charge on any atom is -0.477 e. The zero-order valence-electron chi connectivity index (χ0n) is 22.2. The van der Waals surface area contributed by atoms with Crippen molar-refractivity contribution in [3.05, 3.63) is 45.6 Å². The summed E-state index contributed by atoms with van der Waals surface area (Å²) in [6.45, 7) is 5.00. The number of hydrogen-bond donors (Lipinski definition) is 2. The van der Waals surface area contributed by atoms with E-state index in [1.807, 2.05) is 21.9 Å². The Hall–Kier alpha value is -3.34. The predicted octanol–water partition coefficient (Wildman–Crippen LogP) is 2.74. The van der Waals surface area contributed by atoms with Crippen LogP contribution in [0.25, 0.3) is 0 Å². The maximum Gasteiger partial charge on any atom is 0.317 e. The number of aromatic amines is 1. The average molecular weight is 540 g/mol. The molecule has 2 atom stereocenters. The third-order valence-corrected chi connectivity index (χ3v) is 8.55. The van der Waals surface area contributed by atoms with Gasteiger partial charge in [0.15, 0.2) is 5.76 Å². The van der Waals surface area contributed by atoms with Crippen LogP contribution >= 0.6 is 0 Å². The molecule has 11 nitrogen and oxygen atoms in total. The van der Waals surface area contributed by atoms with Crippen LogP contribution in [0, 0.1) is 17.8 Å². The fourth-order valence-electron chi connectivity index (χ4n) is 6.01. The van der Waals surface area contributed by atoms with Gasteiger partial charge in [0, 0.05) is 68.7 Å². The van der Waals surface area contributed by atoms with Crippen LogP contribution in [0.4, 0.5) is 4.79 Å². The number of pyridine rings is 1. The van der Waals surface area contributed by atoms with Crippen LogP contribution in [0.5, 0.6) is 5.88 Å². The summed E-state index contributed by atoms with van der Waals surface area (Å²) in [6, 6.07) is 4.96. The summed E-state index contributed by atoms with van der Waals surface area (Å²) < 4.78 is 16.6. The molecule has 3 saturated heterocycles. The lowest BCUT2D eigenvalue weighted by molar-refractivity contribution is 0.0490. The molecule has 5 heterocycles. The Morgan fingerprint density at radius 3 is 2.41 bits per heavy atom. The number of rotatable bonds is 7. The standard InChI is InChI=1S/C28H37N5O6/c34-25-13-23(39-31-25)14-29-28(36)33-15-20-3-7-32(8-4-21(20)16-33)27(35)22-11-24(19-1-2-19)30-26(12-22)38-17-18-5-9-37-10-6-18/h11-13,18-21H,1-10,14-17H2,(H,29,36)(H,31,34). The van der Waals surface area contributed by atoms with E-state index in [0.29, 0.717) is 73.7 Å². The monoisotopic (exact) mass is 539 g/mol. The smallest absolute Gasteiger partial charge is 0.317 e. The van der Waals surface area contributed by atoms with Gasteiger partial charge in [-0.25, -0.2) is 9.78 Å². The second-order valence-electron chi connectivity index (χ2n) is 11.4. The van der Waals surface area contributed by atoms with E-state index in [2.05, 4.69) is 10.5 Å². The predicted molar refractivity (Wildman–Crippen MR) is 141 cm³/mol. The molecular formula is C28H37N5O6. The molecule has 11 heteroatoms. The SMILES string of the molecule is O=C(NCc1cc(=O)[nH]o1)N1CC2CCN(C(=O)c3cc(OCC4CCOCC4)nc(C4CC4)c3)CCC2C1. The minimum absolute atomic E-state index is 0.0396. The summed E-state index contributed by atoms with van der Waals surface area (Å²) >= 11 is 0. The second kappa shape index (κ2) is 11.4. The number of hydrogen-bond acceptors (Lipinski definition) is 7. The van der Waals surface area contributed by atoms with E-state index in [-0.39, 0.29) is 24.0 Å². The van der Waals surface area contributed by atoms with E-state index in [9.17, 15) is 14.4 Å². The summed E-state index contributed by atoms with van der Waals surface area (Å²) in [5.74, 6) is 2.60. The first-order chi connectivity index (χ1) is 19.0. The van der Waals surface area contributed by atoms with Crippen LogP contribution in [0.3, 0.4) is 0 Å². The first kappa shape index (κ1) is 25.9. The van der Waals surface area contributed by atoms with Gasteiger partial charge in [0.1, 0.15) is 0 Å². The maximum absolute atomic E-state index is 13.6. The number of nitrogens with zero attached hydrogens (tertiary/aromatic N) is 3. The van der Waals surface area contributed by atoms with Gasteiger partial charge in [-0.2, -0.15) is 5.16 Å². The number of urea groups is 1. The van der Waals surface area contributed by atoms with Crippen molar-refractivity contribution in [1.82, 2.24) is 25.3 Å². The Bertz CT molecular complexity index is 1220. The molecule has 3 amide bonds. The van der Waals surface area contributed by atoms with Gasteiger partial charge < -0.3 is 29.1 Å². The third-order valence-electron chi connectivity index (χ3n) is 8.55. The number of aromatic nitrogens is 2.